The number of carbonyl (C=O) groups is 2. The zero-order chi connectivity index (χ0) is 15.0. The first-order valence-electron chi connectivity index (χ1n) is 6.66. The molecule has 6 heteroatoms. The number of hydrogen-bond acceptors (Lipinski definition) is 4. The van der Waals surface area contributed by atoms with Gasteiger partial charge in [-0.05, 0) is 18.4 Å². The molecular formula is C15H23ClN2O3. The van der Waals surface area contributed by atoms with Crippen molar-refractivity contribution in [2.45, 2.75) is 25.3 Å². The molecule has 1 rings (SSSR count). The summed E-state index contributed by atoms with van der Waals surface area (Å²) in [6.45, 7) is 0.649. The molecular weight excluding hydrogens is 292 g/mol. The van der Waals surface area contributed by atoms with Gasteiger partial charge in [-0.2, -0.15) is 0 Å². The Hall–Kier alpha value is -1.59. The second kappa shape index (κ2) is 10.2. The monoisotopic (exact) mass is 314 g/mol. The Morgan fingerprint density at radius 3 is 2.48 bits per heavy atom. The van der Waals surface area contributed by atoms with E-state index in [1.165, 1.54) is 12.7 Å². The highest BCUT2D eigenvalue weighted by Gasteiger charge is 2.16. The fraction of sp³-hybridized carbons (Fsp3) is 0.467. The van der Waals surface area contributed by atoms with Crippen molar-refractivity contribution in [2.24, 2.45) is 5.73 Å². The molecule has 0 aliphatic heterocycles. The van der Waals surface area contributed by atoms with Gasteiger partial charge in [0, 0.05) is 20.0 Å². The van der Waals surface area contributed by atoms with Gasteiger partial charge in [-0.15, -0.1) is 12.4 Å². The number of rotatable bonds is 7. The Labute approximate surface area is 131 Å². The van der Waals surface area contributed by atoms with Crippen molar-refractivity contribution in [1.82, 2.24) is 4.90 Å². The average molecular weight is 315 g/mol. The summed E-state index contributed by atoms with van der Waals surface area (Å²) >= 11 is 0. The quantitative estimate of drug-likeness (QED) is 0.772. The van der Waals surface area contributed by atoms with Gasteiger partial charge < -0.3 is 15.4 Å². The van der Waals surface area contributed by atoms with Crippen molar-refractivity contribution in [3.63, 3.8) is 0 Å². The maximum atomic E-state index is 11.9. The molecule has 0 fully saturated rings. The number of likely N-dealkylation sites (N-methyl/N-ethyl adjacent to an activating group) is 1. The van der Waals surface area contributed by atoms with Crippen LogP contribution in [0, 0.1) is 0 Å². The highest BCUT2D eigenvalue weighted by molar-refractivity contribution is 5.85. The van der Waals surface area contributed by atoms with Crippen molar-refractivity contribution in [1.29, 1.82) is 0 Å². The minimum Gasteiger partial charge on any atom is -0.468 e. The molecule has 0 heterocycles. The molecule has 21 heavy (non-hydrogen) atoms. The first kappa shape index (κ1) is 19.4. The van der Waals surface area contributed by atoms with E-state index in [0.717, 1.165) is 6.42 Å². The second-order valence-electron chi connectivity index (χ2n) is 4.72. The lowest BCUT2D eigenvalue weighted by Gasteiger charge is -2.18. The van der Waals surface area contributed by atoms with E-state index in [-0.39, 0.29) is 24.7 Å². The standard InChI is InChI=1S/C15H22N2O3.ClH/c1-17(11-10-12-6-4-3-5-7-12)14(18)9-8-13(16)15(19)20-2;/h3-7,13H,8-11,16H2,1-2H3;1H/t13-;/m0./s1. The summed E-state index contributed by atoms with van der Waals surface area (Å²) in [6, 6.07) is 9.26. The summed E-state index contributed by atoms with van der Waals surface area (Å²) in [6.07, 6.45) is 1.37. The Kier molecular flexibility index (Phi) is 9.41. The van der Waals surface area contributed by atoms with Crippen LogP contribution in [0.25, 0.3) is 0 Å². The van der Waals surface area contributed by atoms with Crippen LogP contribution in [-0.4, -0.2) is 43.5 Å². The fourth-order valence-electron chi connectivity index (χ4n) is 1.81. The van der Waals surface area contributed by atoms with E-state index in [0.29, 0.717) is 13.0 Å². The van der Waals surface area contributed by atoms with E-state index in [4.69, 9.17) is 5.73 Å². The number of carbonyl (C=O) groups excluding carboxylic acids is 2. The van der Waals surface area contributed by atoms with E-state index in [9.17, 15) is 9.59 Å². The van der Waals surface area contributed by atoms with Crippen molar-refractivity contribution in [3.05, 3.63) is 35.9 Å². The molecule has 1 aromatic carbocycles. The minimum atomic E-state index is -0.730. The van der Waals surface area contributed by atoms with Crippen LogP contribution in [0.5, 0.6) is 0 Å². The van der Waals surface area contributed by atoms with Gasteiger partial charge in [-0.3, -0.25) is 9.59 Å². The molecule has 0 bridgehead atoms. The summed E-state index contributed by atoms with van der Waals surface area (Å²) in [5, 5.41) is 0. The molecule has 0 saturated heterocycles. The van der Waals surface area contributed by atoms with Crippen LogP contribution < -0.4 is 5.73 Å². The van der Waals surface area contributed by atoms with Crippen molar-refractivity contribution in [2.75, 3.05) is 20.7 Å². The summed E-state index contributed by atoms with van der Waals surface area (Å²) in [5.74, 6) is -0.495. The molecule has 0 saturated carbocycles. The molecule has 0 radical (unpaired) electrons. The Morgan fingerprint density at radius 2 is 1.90 bits per heavy atom. The highest BCUT2D eigenvalue weighted by Crippen LogP contribution is 2.04. The predicted molar refractivity (Wildman–Crippen MR) is 84.3 cm³/mol. The Balaban J connectivity index is 0.00000400. The Morgan fingerprint density at radius 1 is 1.29 bits per heavy atom. The van der Waals surface area contributed by atoms with Gasteiger partial charge in [0.1, 0.15) is 6.04 Å². The molecule has 0 unspecified atom stereocenters. The lowest BCUT2D eigenvalue weighted by atomic mass is 10.1. The topological polar surface area (TPSA) is 72.6 Å². The smallest absolute Gasteiger partial charge is 0.322 e. The third-order valence-electron chi connectivity index (χ3n) is 3.18. The van der Waals surface area contributed by atoms with Crippen LogP contribution >= 0.6 is 12.4 Å². The van der Waals surface area contributed by atoms with Crippen LogP contribution in [0.3, 0.4) is 0 Å². The van der Waals surface area contributed by atoms with E-state index in [2.05, 4.69) is 4.74 Å². The number of esters is 1. The van der Waals surface area contributed by atoms with E-state index < -0.39 is 12.0 Å². The molecule has 5 nitrogen and oxygen atoms in total. The third kappa shape index (κ3) is 7.11. The predicted octanol–water partition coefficient (Wildman–Crippen LogP) is 1.39. The molecule has 0 spiro atoms. The van der Waals surface area contributed by atoms with Gasteiger partial charge in [-0.1, -0.05) is 30.3 Å². The van der Waals surface area contributed by atoms with Crippen LogP contribution in [-0.2, 0) is 20.7 Å². The molecule has 0 aliphatic carbocycles. The molecule has 0 aromatic heterocycles. The number of halogens is 1. The first-order valence-corrected chi connectivity index (χ1v) is 6.66. The zero-order valence-electron chi connectivity index (χ0n) is 12.5. The van der Waals surface area contributed by atoms with Gasteiger partial charge in [0.25, 0.3) is 0 Å². The van der Waals surface area contributed by atoms with Crippen molar-refractivity contribution in [3.8, 4) is 0 Å². The SMILES string of the molecule is COC(=O)[C@@H](N)CCC(=O)N(C)CCc1ccccc1.Cl. The highest BCUT2D eigenvalue weighted by atomic mass is 35.5. The zero-order valence-corrected chi connectivity index (χ0v) is 13.3. The third-order valence-corrected chi connectivity index (χ3v) is 3.18. The van der Waals surface area contributed by atoms with Gasteiger partial charge in [0.2, 0.25) is 5.91 Å². The maximum Gasteiger partial charge on any atom is 0.322 e. The first-order chi connectivity index (χ1) is 9.54. The van der Waals surface area contributed by atoms with Gasteiger partial charge in [0.05, 0.1) is 7.11 Å². The van der Waals surface area contributed by atoms with Gasteiger partial charge in [-0.25, -0.2) is 0 Å². The Bertz CT molecular complexity index is 440. The maximum absolute atomic E-state index is 11.9. The number of nitrogens with zero attached hydrogens (tertiary/aromatic N) is 1. The molecule has 0 aliphatic rings. The summed E-state index contributed by atoms with van der Waals surface area (Å²) < 4.78 is 4.52. The summed E-state index contributed by atoms with van der Waals surface area (Å²) in [5.41, 5.74) is 6.79. The van der Waals surface area contributed by atoms with E-state index >= 15 is 0 Å². The molecule has 2 N–H and O–H groups in total. The normalized spacial score (nSPS) is 11.2. The molecule has 118 valence electrons. The van der Waals surface area contributed by atoms with Crippen molar-refractivity contribution < 1.29 is 14.3 Å². The number of benzene rings is 1. The molecule has 1 aromatic rings. The van der Waals surface area contributed by atoms with Crippen LogP contribution in [0.15, 0.2) is 30.3 Å². The largest absolute Gasteiger partial charge is 0.468 e. The van der Waals surface area contributed by atoms with Gasteiger partial charge in [0.15, 0.2) is 0 Å². The number of ether oxygens (including phenoxy) is 1. The average Bonchev–Trinajstić information content (AvgIpc) is 2.49. The summed E-state index contributed by atoms with van der Waals surface area (Å²) in [4.78, 5) is 24.7. The summed E-state index contributed by atoms with van der Waals surface area (Å²) in [7, 11) is 3.05. The number of methoxy groups -OCH3 is 1. The van der Waals surface area contributed by atoms with Crippen LogP contribution in [0.1, 0.15) is 18.4 Å². The van der Waals surface area contributed by atoms with Crippen LogP contribution in [0.4, 0.5) is 0 Å². The van der Waals surface area contributed by atoms with Crippen LogP contribution in [0.2, 0.25) is 0 Å². The number of nitrogens with two attached hydrogens (primary N) is 1. The fourth-order valence-corrected chi connectivity index (χ4v) is 1.81. The van der Waals surface area contributed by atoms with Gasteiger partial charge >= 0.3 is 5.97 Å². The molecule has 1 atom stereocenters. The second-order valence-corrected chi connectivity index (χ2v) is 4.72. The van der Waals surface area contributed by atoms with E-state index in [1.807, 2.05) is 30.3 Å². The molecule has 1 amide bonds. The van der Waals surface area contributed by atoms with Crippen molar-refractivity contribution >= 4 is 24.3 Å². The number of hydrogen-bond donors (Lipinski definition) is 1. The lowest BCUT2D eigenvalue weighted by molar-refractivity contribution is -0.142. The number of amides is 1. The minimum absolute atomic E-state index is 0. The van der Waals surface area contributed by atoms with E-state index in [1.54, 1.807) is 11.9 Å². The lowest BCUT2D eigenvalue weighted by Crippen LogP contribution is -2.34.